The normalized spacial score (nSPS) is 11.3. The molecule has 3 aromatic carbocycles. The number of carbonyl (C=O) groups excluding carboxylic acids is 1. The Morgan fingerprint density at radius 1 is 0.970 bits per heavy atom. The predicted molar refractivity (Wildman–Crippen MR) is 132 cm³/mol. The Bertz CT molecular complexity index is 1220. The quantitative estimate of drug-likeness (QED) is 0.433. The molecule has 0 radical (unpaired) electrons. The first kappa shape index (κ1) is 24.3. The first-order valence-electron chi connectivity index (χ1n) is 10.9. The van der Waals surface area contributed by atoms with Crippen molar-refractivity contribution >= 4 is 21.6 Å². The summed E-state index contributed by atoms with van der Waals surface area (Å²) in [6, 6.07) is 19.5. The van der Waals surface area contributed by atoms with Crippen molar-refractivity contribution in [2.45, 2.75) is 38.5 Å². The Morgan fingerprint density at radius 2 is 1.67 bits per heavy atom. The van der Waals surface area contributed by atoms with E-state index < -0.39 is 10.0 Å². The molecule has 7 heteroatoms. The molecule has 0 aliphatic carbocycles. The molecule has 0 unspecified atom stereocenters. The van der Waals surface area contributed by atoms with Gasteiger partial charge in [0.15, 0.2) is 0 Å². The van der Waals surface area contributed by atoms with Crippen molar-refractivity contribution in [3.63, 3.8) is 0 Å². The Hall–Kier alpha value is -3.32. The lowest BCUT2D eigenvalue weighted by Crippen LogP contribution is -2.28. The first-order valence-corrected chi connectivity index (χ1v) is 12.4. The van der Waals surface area contributed by atoms with Gasteiger partial charge in [-0.05, 0) is 61.2 Å². The van der Waals surface area contributed by atoms with Gasteiger partial charge in [-0.3, -0.25) is 9.52 Å². The molecule has 0 fully saturated rings. The first-order chi connectivity index (χ1) is 15.7. The van der Waals surface area contributed by atoms with Gasteiger partial charge in [0.2, 0.25) is 0 Å². The minimum absolute atomic E-state index is 0.0674. The van der Waals surface area contributed by atoms with E-state index in [0.717, 1.165) is 16.9 Å². The summed E-state index contributed by atoms with van der Waals surface area (Å²) in [7, 11) is -3.84. The van der Waals surface area contributed by atoms with E-state index in [9.17, 15) is 13.2 Å². The number of sulfonamides is 1. The maximum absolute atomic E-state index is 12.9. The monoisotopic (exact) mass is 466 g/mol. The fourth-order valence-electron chi connectivity index (χ4n) is 3.38. The summed E-state index contributed by atoms with van der Waals surface area (Å²) in [5, 5.41) is 2.79. The van der Waals surface area contributed by atoms with Gasteiger partial charge in [0.25, 0.3) is 15.9 Å². The molecule has 3 aromatic rings. The SMILES string of the molecule is Cc1ccc(NS(=O)(=O)c2cc(C(=O)NCCOc3ccccc3C(C)C)ccc2C)cc1. The summed E-state index contributed by atoms with van der Waals surface area (Å²) in [6.45, 7) is 8.43. The number of benzene rings is 3. The molecule has 0 heterocycles. The summed E-state index contributed by atoms with van der Waals surface area (Å²) in [5.41, 5.74) is 3.43. The zero-order chi connectivity index (χ0) is 24.0. The zero-order valence-corrected chi connectivity index (χ0v) is 20.2. The lowest BCUT2D eigenvalue weighted by Gasteiger charge is -2.14. The Labute approximate surface area is 196 Å². The molecule has 0 aliphatic heterocycles. The standard InChI is InChI=1S/C26H30N2O4S/c1-18(2)23-7-5-6-8-24(23)32-16-15-27-26(29)21-12-11-20(4)25(17-21)33(30,31)28-22-13-9-19(3)10-14-22/h5-14,17-18,28H,15-16H2,1-4H3,(H,27,29). The van der Waals surface area contributed by atoms with Crippen LogP contribution in [-0.2, 0) is 10.0 Å². The number of nitrogens with one attached hydrogen (secondary N) is 2. The van der Waals surface area contributed by atoms with Crippen LogP contribution in [0.3, 0.4) is 0 Å². The Balaban J connectivity index is 1.65. The van der Waals surface area contributed by atoms with Crippen LogP contribution in [0.1, 0.15) is 46.8 Å². The van der Waals surface area contributed by atoms with Crippen LogP contribution in [0.25, 0.3) is 0 Å². The fourth-order valence-corrected chi connectivity index (χ4v) is 4.71. The molecule has 6 nitrogen and oxygen atoms in total. The van der Waals surface area contributed by atoms with Crippen molar-refractivity contribution in [1.82, 2.24) is 5.32 Å². The van der Waals surface area contributed by atoms with E-state index in [1.807, 2.05) is 43.3 Å². The third-order valence-electron chi connectivity index (χ3n) is 5.23. The maximum Gasteiger partial charge on any atom is 0.262 e. The number of ether oxygens (including phenoxy) is 1. The van der Waals surface area contributed by atoms with Crippen molar-refractivity contribution in [2.75, 3.05) is 17.9 Å². The molecule has 0 saturated heterocycles. The number of hydrogen-bond donors (Lipinski definition) is 2. The van der Waals surface area contributed by atoms with Gasteiger partial charge < -0.3 is 10.1 Å². The second-order valence-electron chi connectivity index (χ2n) is 8.25. The van der Waals surface area contributed by atoms with Gasteiger partial charge in [-0.1, -0.05) is 55.8 Å². The highest BCUT2D eigenvalue weighted by molar-refractivity contribution is 7.92. The molecule has 33 heavy (non-hydrogen) atoms. The lowest BCUT2D eigenvalue weighted by atomic mass is 10.0. The molecule has 0 aliphatic rings. The smallest absolute Gasteiger partial charge is 0.262 e. The van der Waals surface area contributed by atoms with E-state index in [-0.39, 0.29) is 16.4 Å². The Kier molecular flexibility index (Phi) is 7.76. The molecular weight excluding hydrogens is 436 g/mol. The van der Waals surface area contributed by atoms with Crippen LogP contribution in [0.2, 0.25) is 0 Å². The molecule has 0 atom stereocenters. The Morgan fingerprint density at radius 3 is 2.36 bits per heavy atom. The molecular formula is C26H30N2O4S. The van der Waals surface area contributed by atoms with Crippen molar-refractivity contribution in [3.8, 4) is 5.75 Å². The average molecular weight is 467 g/mol. The zero-order valence-electron chi connectivity index (χ0n) is 19.4. The fraction of sp³-hybridized carbons (Fsp3) is 0.269. The predicted octanol–water partition coefficient (Wildman–Crippen LogP) is 5.04. The van der Waals surface area contributed by atoms with Gasteiger partial charge in [0.1, 0.15) is 12.4 Å². The van der Waals surface area contributed by atoms with Gasteiger partial charge in [0, 0.05) is 11.3 Å². The van der Waals surface area contributed by atoms with Gasteiger partial charge in [-0.25, -0.2) is 8.42 Å². The van der Waals surface area contributed by atoms with E-state index in [1.54, 1.807) is 31.2 Å². The van der Waals surface area contributed by atoms with Crippen molar-refractivity contribution in [3.05, 3.63) is 89.0 Å². The molecule has 0 bridgehead atoms. The van der Waals surface area contributed by atoms with E-state index in [2.05, 4.69) is 23.9 Å². The second kappa shape index (κ2) is 10.5. The van der Waals surface area contributed by atoms with Crippen LogP contribution in [0.15, 0.2) is 71.6 Å². The number of hydrogen-bond acceptors (Lipinski definition) is 4. The van der Waals surface area contributed by atoms with Crippen molar-refractivity contribution < 1.29 is 17.9 Å². The molecule has 2 N–H and O–H groups in total. The van der Waals surface area contributed by atoms with Gasteiger partial charge in [-0.2, -0.15) is 0 Å². The van der Waals surface area contributed by atoms with Crippen molar-refractivity contribution in [2.24, 2.45) is 0 Å². The van der Waals surface area contributed by atoms with Gasteiger partial charge in [-0.15, -0.1) is 0 Å². The topological polar surface area (TPSA) is 84.5 Å². The largest absolute Gasteiger partial charge is 0.491 e. The highest BCUT2D eigenvalue weighted by Crippen LogP contribution is 2.25. The third kappa shape index (κ3) is 6.35. The number of anilines is 1. The van der Waals surface area contributed by atoms with E-state index in [4.69, 9.17) is 4.74 Å². The average Bonchev–Trinajstić information content (AvgIpc) is 2.78. The summed E-state index contributed by atoms with van der Waals surface area (Å²) >= 11 is 0. The van der Waals surface area contributed by atoms with Crippen LogP contribution in [0, 0.1) is 13.8 Å². The number of carbonyl (C=O) groups is 1. The van der Waals surface area contributed by atoms with E-state index in [1.165, 1.54) is 6.07 Å². The van der Waals surface area contributed by atoms with Gasteiger partial charge >= 0.3 is 0 Å². The maximum atomic E-state index is 12.9. The van der Waals surface area contributed by atoms with E-state index in [0.29, 0.717) is 30.3 Å². The van der Waals surface area contributed by atoms with Crippen LogP contribution in [0.5, 0.6) is 5.75 Å². The summed E-state index contributed by atoms with van der Waals surface area (Å²) in [5.74, 6) is 0.771. The van der Waals surface area contributed by atoms with Crippen LogP contribution in [-0.4, -0.2) is 27.5 Å². The number of amides is 1. The van der Waals surface area contributed by atoms with Crippen LogP contribution in [0.4, 0.5) is 5.69 Å². The third-order valence-corrected chi connectivity index (χ3v) is 6.75. The minimum Gasteiger partial charge on any atom is -0.491 e. The number of aryl methyl sites for hydroxylation is 2. The van der Waals surface area contributed by atoms with Gasteiger partial charge in [0.05, 0.1) is 11.4 Å². The molecule has 174 valence electrons. The molecule has 0 aromatic heterocycles. The summed E-state index contributed by atoms with van der Waals surface area (Å²) in [4.78, 5) is 12.7. The summed E-state index contributed by atoms with van der Waals surface area (Å²) < 4.78 is 34.3. The molecule has 0 spiro atoms. The van der Waals surface area contributed by atoms with E-state index >= 15 is 0 Å². The lowest BCUT2D eigenvalue weighted by molar-refractivity contribution is 0.0946. The molecule has 0 saturated carbocycles. The number of rotatable bonds is 9. The molecule has 1 amide bonds. The van der Waals surface area contributed by atoms with Crippen LogP contribution < -0.4 is 14.8 Å². The van der Waals surface area contributed by atoms with Crippen molar-refractivity contribution in [1.29, 1.82) is 0 Å². The second-order valence-corrected chi connectivity index (χ2v) is 9.90. The molecule has 3 rings (SSSR count). The highest BCUT2D eigenvalue weighted by Gasteiger charge is 2.19. The summed E-state index contributed by atoms with van der Waals surface area (Å²) in [6.07, 6.45) is 0. The highest BCUT2D eigenvalue weighted by atomic mass is 32.2. The van der Waals surface area contributed by atoms with Crippen LogP contribution >= 0.6 is 0 Å². The number of para-hydroxylation sites is 1. The minimum atomic E-state index is -3.84.